The Kier molecular flexibility index (Phi) is 7.76. The summed E-state index contributed by atoms with van der Waals surface area (Å²) in [4.78, 5) is 12.3. The number of amides is 1. The largest absolute Gasteiger partial charge is 0.497 e. The Hall–Kier alpha value is -3.48. The molecule has 0 saturated heterocycles. The van der Waals surface area contributed by atoms with Gasteiger partial charge in [0.1, 0.15) is 17.2 Å². The monoisotopic (exact) mass is 437 g/mol. The van der Waals surface area contributed by atoms with E-state index in [9.17, 15) is 4.79 Å². The number of nitrogens with one attached hydrogen (secondary N) is 1. The molecule has 1 N–H and O–H groups in total. The number of hydrogen-bond donors (Lipinski definition) is 1. The standard InChI is InChI=1S/C25H31N3O4/c1-6-23-22(14-15-24(29)26-17(2)3)25(32-21-9-7-8-20(16-21)31-5)28(27-23)18-10-12-19(30-4)13-11-18/h7-13,16-17H,6,14-15H2,1-5H3,(H,26,29). The number of carbonyl (C=O) groups is 1. The molecule has 32 heavy (non-hydrogen) atoms. The molecule has 0 atom stereocenters. The van der Waals surface area contributed by atoms with Gasteiger partial charge >= 0.3 is 0 Å². The molecule has 7 nitrogen and oxygen atoms in total. The van der Waals surface area contributed by atoms with Gasteiger partial charge in [-0.25, -0.2) is 4.68 Å². The molecule has 0 unspecified atom stereocenters. The van der Waals surface area contributed by atoms with Crippen molar-refractivity contribution in [2.45, 2.75) is 46.1 Å². The molecule has 0 aliphatic carbocycles. The second kappa shape index (κ2) is 10.7. The van der Waals surface area contributed by atoms with Gasteiger partial charge in [-0.2, -0.15) is 5.10 Å². The summed E-state index contributed by atoms with van der Waals surface area (Å²) in [7, 11) is 3.25. The highest BCUT2D eigenvalue weighted by Gasteiger charge is 2.21. The summed E-state index contributed by atoms with van der Waals surface area (Å²) in [6, 6.07) is 15.2. The van der Waals surface area contributed by atoms with E-state index in [4.69, 9.17) is 19.3 Å². The molecule has 0 aliphatic rings. The molecule has 0 fully saturated rings. The lowest BCUT2D eigenvalue weighted by Gasteiger charge is -2.13. The maximum atomic E-state index is 12.3. The Morgan fingerprint density at radius 2 is 1.72 bits per heavy atom. The third-order valence-electron chi connectivity index (χ3n) is 4.98. The highest BCUT2D eigenvalue weighted by atomic mass is 16.5. The van der Waals surface area contributed by atoms with E-state index in [2.05, 4.69) is 5.32 Å². The van der Waals surface area contributed by atoms with E-state index >= 15 is 0 Å². The maximum absolute atomic E-state index is 12.3. The first-order valence-corrected chi connectivity index (χ1v) is 10.8. The molecule has 3 rings (SSSR count). The van der Waals surface area contributed by atoms with E-state index in [-0.39, 0.29) is 11.9 Å². The van der Waals surface area contributed by atoms with E-state index in [1.807, 2.05) is 69.3 Å². The van der Waals surface area contributed by atoms with Crippen LogP contribution in [0.15, 0.2) is 48.5 Å². The zero-order valence-electron chi connectivity index (χ0n) is 19.3. The zero-order chi connectivity index (χ0) is 23.1. The lowest BCUT2D eigenvalue weighted by molar-refractivity contribution is -0.121. The number of carbonyl (C=O) groups excluding carboxylic acids is 1. The number of aromatic nitrogens is 2. The average Bonchev–Trinajstić information content (AvgIpc) is 3.14. The Labute approximate surface area is 189 Å². The summed E-state index contributed by atoms with van der Waals surface area (Å²) in [6.45, 7) is 5.95. The smallest absolute Gasteiger partial charge is 0.226 e. The van der Waals surface area contributed by atoms with Gasteiger partial charge in [0.25, 0.3) is 0 Å². The van der Waals surface area contributed by atoms with Crippen molar-refractivity contribution in [3.05, 3.63) is 59.8 Å². The van der Waals surface area contributed by atoms with Crippen molar-refractivity contribution in [1.82, 2.24) is 15.1 Å². The van der Waals surface area contributed by atoms with E-state index < -0.39 is 0 Å². The van der Waals surface area contributed by atoms with Crippen LogP contribution < -0.4 is 19.5 Å². The lowest BCUT2D eigenvalue weighted by Crippen LogP contribution is -2.30. The molecule has 0 bridgehead atoms. The zero-order valence-corrected chi connectivity index (χ0v) is 19.3. The SMILES string of the molecule is CCc1nn(-c2ccc(OC)cc2)c(Oc2cccc(OC)c2)c1CCC(=O)NC(C)C. The van der Waals surface area contributed by atoms with Crippen LogP contribution in [0, 0.1) is 0 Å². The van der Waals surface area contributed by atoms with Crippen LogP contribution in [-0.2, 0) is 17.6 Å². The number of aryl methyl sites for hydroxylation is 1. The van der Waals surface area contributed by atoms with Crippen molar-refractivity contribution in [1.29, 1.82) is 0 Å². The highest BCUT2D eigenvalue weighted by Crippen LogP contribution is 2.33. The Morgan fingerprint density at radius 3 is 2.34 bits per heavy atom. The van der Waals surface area contributed by atoms with Crippen LogP contribution in [-0.4, -0.2) is 35.9 Å². The molecule has 3 aromatic rings. The lowest BCUT2D eigenvalue weighted by atomic mass is 10.1. The Morgan fingerprint density at radius 1 is 1.03 bits per heavy atom. The van der Waals surface area contributed by atoms with Crippen LogP contribution in [0.4, 0.5) is 0 Å². The van der Waals surface area contributed by atoms with Gasteiger partial charge in [-0.3, -0.25) is 4.79 Å². The normalized spacial score (nSPS) is 10.8. The molecule has 0 saturated carbocycles. The molecule has 1 amide bonds. The van der Waals surface area contributed by atoms with Gasteiger partial charge in [0, 0.05) is 24.1 Å². The van der Waals surface area contributed by atoms with Gasteiger partial charge in [-0.05, 0) is 63.1 Å². The summed E-state index contributed by atoms with van der Waals surface area (Å²) in [5.41, 5.74) is 2.66. The summed E-state index contributed by atoms with van der Waals surface area (Å²) in [5.74, 6) is 2.70. The average molecular weight is 438 g/mol. The minimum Gasteiger partial charge on any atom is -0.497 e. The Bertz CT molecular complexity index is 1040. The predicted molar refractivity (Wildman–Crippen MR) is 124 cm³/mol. The first kappa shape index (κ1) is 23.2. The molecule has 2 aromatic carbocycles. The van der Waals surface area contributed by atoms with Gasteiger partial charge in [0.15, 0.2) is 0 Å². The number of benzene rings is 2. The van der Waals surface area contributed by atoms with Gasteiger partial charge < -0.3 is 19.5 Å². The third kappa shape index (κ3) is 5.60. The fraction of sp³-hybridized carbons (Fsp3) is 0.360. The van der Waals surface area contributed by atoms with Crippen molar-refractivity contribution in [3.8, 4) is 28.8 Å². The first-order valence-electron chi connectivity index (χ1n) is 10.8. The molecule has 1 heterocycles. The van der Waals surface area contributed by atoms with Crippen molar-refractivity contribution >= 4 is 5.91 Å². The van der Waals surface area contributed by atoms with E-state index in [0.29, 0.717) is 30.2 Å². The predicted octanol–water partition coefficient (Wildman–Crippen LogP) is 4.70. The minimum absolute atomic E-state index is 0.00609. The third-order valence-corrected chi connectivity index (χ3v) is 4.98. The van der Waals surface area contributed by atoms with Gasteiger partial charge in [0.2, 0.25) is 11.8 Å². The van der Waals surface area contributed by atoms with Crippen LogP contribution >= 0.6 is 0 Å². The quantitative estimate of drug-likeness (QED) is 0.498. The van der Waals surface area contributed by atoms with Crippen LogP contribution in [0.3, 0.4) is 0 Å². The molecular weight excluding hydrogens is 406 g/mol. The minimum atomic E-state index is 0.00609. The molecule has 0 radical (unpaired) electrons. The number of methoxy groups -OCH3 is 2. The van der Waals surface area contributed by atoms with Gasteiger partial charge in [0.05, 0.1) is 25.6 Å². The number of ether oxygens (including phenoxy) is 3. The molecular formula is C25H31N3O4. The maximum Gasteiger partial charge on any atom is 0.226 e. The van der Waals surface area contributed by atoms with Crippen molar-refractivity contribution in [2.24, 2.45) is 0 Å². The number of hydrogen-bond acceptors (Lipinski definition) is 5. The molecule has 1 aromatic heterocycles. The van der Waals surface area contributed by atoms with Gasteiger partial charge in [-0.1, -0.05) is 13.0 Å². The van der Waals surface area contributed by atoms with E-state index in [1.54, 1.807) is 18.9 Å². The van der Waals surface area contributed by atoms with Gasteiger partial charge in [-0.15, -0.1) is 0 Å². The van der Waals surface area contributed by atoms with Crippen molar-refractivity contribution in [3.63, 3.8) is 0 Å². The van der Waals surface area contributed by atoms with E-state index in [0.717, 1.165) is 29.1 Å². The van der Waals surface area contributed by atoms with Crippen LogP contribution in [0.2, 0.25) is 0 Å². The highest BCUT2D eigenvalue weighted by molar-refractivity contribution is 5.76. The molecule has 0 aliphatic heterocycles. The van der Waals surface area contributed by atoms with E-state index in [1.165, 1.54) is 0 Å². The summed E-state index contributed by atoms with van der Waals surface area (Å²) < 4.78 is 18.8. The van der Waals surface area contributed by atoms with Crippen LogP contribution in [0.1, 0.15) is 38.4 Å². The first-order chi connectivity index (χ1) is 15.4. The molecule has 0 spiro atoms. The molecule has 170 valence electrons. The summed E-state index contributed by atoms with van der Waals surface area (Å²) >= 11 is 0. The fourth-order valence-corrected chi connectivity index (χ4v) is 3.43. The van der Waals surface area contributed by atoms with Crippen molar-refractivity contribution < 1.29 is 19.0 Å². The second-order valence-electron chi connectivity index (χ2n) is 7.70. The summed E-state index contributed by atoms with van der Waals surface area (Å²) in [5, 5.41) is 7.77. The van der Waals surface area contributed by atoms with Crippen molar-refractivity contribution in [2.75, 3.05) is 14.2 Å². The second-order valence-corrected chi connectivity index (χ2v) is 7.70. The molecule has 7 heteroatoms. The van der Waals surface area contributed by atoms with Crippen LogP contribution in [0.5, 0.6) is 23.1 Å². The number of rotatable bonds is 10. The Balaban J connectivity index is 2.02. The number of nitrogens with zero attached hydrogens (tertiary/aromatic N) is 2. The topological polar surface area (TPSA) is 74.6 Å². The fourth-order valence-electron chi connectivity index (χ4n) is 3.43. The van der Waals surface area contributed by atoms with Crippen LogP contribution in [0.25, 0.3) is 5.69 Å². The summed E-state index contributed by atoms with van der Waals surface area (Å²) in [6.07, 6.45) is 1.60.